The number of hydrogen-bond donors (Lipinski definition) is 1. The molecule has 0 spiro atoms. The molecule has 0 aliphatic heterocycles. The van der Waals surface area contributed by atoms with Gasteiger partial charge >= 0.3 is 0 Å². The molecule has 5 heteroatoms. The number of benzene rings is 1. The van der Waals surface area contributed by atoms with Gasteiger partial charge in [0.25, 0.3) is 5.91 Å². The molecule has 0 saturated carbocycles. The van der Waals surface area contributed by atoms with Crippen molar-refractivity contribution in [1.29, 1.82) is 0 Å². The number of rotatable bonds is 3. The van der Waals surface area contributed by atoms with Crippen LogP contribution in [0.3, 0.4) is 0 Å². The fraction of sp³-hybridized carbons (Fsp3) is 0.222. The van der Waals surface area contributed by atoms with Crippen molar-refractivity contribution in [3.05, 3.63) is 69.1 Å². The maximum absolute atomic E-state index is 12.4. The zero-order valence-corrected chi connectivity index (χ0v) is 14.9. The summed E-state index contributed by atoms with van der Waals surface area (Å²) in [6.07, 6.45) is 3.62. The van der Waals surface area contributed by atoms with E-state index in [1.54, 1.807) is 6.20 Å². The lowest BCUT2D eigenvalue weighted by molar-refractivity contribution is 0.0946. The standard InChI is InChI=1S/C18H18BrN3O/c1-11-6-12(2)15(13(3)7-11)8-20-18(23)16-10-22-9-14(19)4-5-17(22)21-16/h4-7,9-10H,8H2,1-3H3,(H,20,23). The molecule has 1 amide bonds. The summed E-state index contributed by atoms with van der Waals surface area (Å²) in [6.45, 7) is 6.74. The Hall–Kier alpha value is -2.14. The zero-order chi connectivity index (χ0) is 16.6. The van der Waals surface area contributed by atoms with Crippen LogP contribution in [0.5, 0.6) is 0 Å². The quantitative estimate of drug-likeness (QED) is 0.757. The Morgan fingerprint density at radius 2 is 1.87 bits per heavy atom. The summed E-state index contributed by atoms with van der Waals surface area (Å²) in [6, 6.07) is 8.05. The number of pyridine rings is 1. The summed E-state index contributed by atoms with van der Waals surface area (Å²) in [7, 11) is 0. The number of nitrogens with one attached hydrogen (secondary N) is 1. The first kappa shape index (κ1) is 15.7. The van der Waals surface area contributed by atoms with E-state index >= 15 is 0 Å². The average molecular weight is 372 g/mol. The molecule has 118 valence electrons. The molecule has 0 radical (unpaired) electrons. The number of hydrogen-bond acceptors (Lipinski definition) is 2. The monoisotopic (exact) mass is 371 g/mol. The van der Waals surface area contributed by atoms with E-state index in [0.29, 0.717) is 12.2 Å². The lowest BCUT2D eigenvalue weighted by Gasteiger charge is -2.11. The Morgan fingerprint density at radius 3 is 2.57 bits per heavy atom. The summed E-state index contributed by atoms with van der Waals surface area (Å²) in [5.41, 5.74) is 5.96. The highest BCUT2D eigenvalue weighted by Gasteiger charge is 2.12. The number of imidazole rings is 1. The summed E-state index contributed by atoms with van der Waals surface area (Å²) in [4.78, 5) is 16.7. The molecule has 3 aromatic rings. The van der Waals surface area contributed by atoms with Crippen LogP contribution in [0.15, 0.2) is 41.1 Å². The van der Waals surface area contributed by atoms with Gasteiger partial charge in [0.05, 0.1) is 0 Å². The summed E-state index contributed by atoms with van der Waals surface area (Å²) in [5, 5.41) is 2.97. The minimum absolute atomic E-state index is 0.163. The van der Waals surface area contributed by atoms with Crippen molar-refractivity contribution >= 4 is 27.5 Å². The minimum Gasteiger partial charge on any atom is -0.347 e. The Morgan fingerprint density at radius 1 is 1.17 bits per heavy atom. The number of aromatic nitrogens is 2. The molecule has 0 saturated heterocycles. The zero-order valence-electron chi connectivity index (χ0n) is 13.4. The SMILES string of the molecule is Cc1cc(C)c(CNC(=O)c2cn3cc(Br)ccc3n2)c(C)c1. The fourth-order valence-electron chi connectivity index (χ4n) is 2.82. The van der Waals surface area contributed by atoms with Gasteiger partial charge in [-0.15, -0.1) is 0 Å². The van der Waals surface area contributed by atoms with Crippen molar-refractivity contribution in [1.82, 2.24) is 14.7 Å². The van der Waals surface area contributed by atoms with Gasteiger partial charge in [0.15, 0.2) is 0 Å². The molecule has 0 bridgehead atoms. The van der Waals surface area contributed by atoms with Crippen molar-refractivity contribution in [2.75, 3.05) is 0 Å². The number of fused-ring (bicyclic) bond motifs is 1. The molecule has 4 nitrogen and oxygen atoms in total. The van der Waals surface area contributed by atoms with Gasteiger partial charge < -0.3 is 9.72 Å². The van der Waals surface area contributed by atoms with E-state index in [1.165, 1.54) is 16.7 Å². The molecule has 0 unspecified atom stereocenters. The Labute approximate surface area is 143 Å². The van der Waals surface area contributed by atoms with Gasteiger partial charge in [-0.1, -0.05) is 17.7 Å². The van der Waals surface area contributed by atoms with Gasteiger partial charge in [-0.3, -0.25) is 4.79 Å². The van der Waals surface area contributed by atoms with E-state index in [1.807, 2.05) is 22.7 Å². The predicted octanol–water partition coefficient (Wildman–Crippen LogP) is 3.95. The Bertz CT molecular complexity index is 875. The third-order valence-corrected chi connectivity index (χ3v) is 4.38. The molecule has 1 N–H and O–H groups in total. The second-order valence-electron chi connectivity index (χ2n) is 5.80. The first-order valence-corrected chi connectivity index (χ1v) is 8.22. The van der Waals surface area contributed by atoms with E-state index in [4.69, 9.17) is 0 Å². The van der Waals surface area contributed by atoms with Crippen LogP contribution in [0.4, 0.5) is 0 Å². The molecule has 0 aliphatic rings. The summed E-state index contributed by atoms with van der Waals surface area (Å²) in [5.74, 6) is -0.163. The second kappa shape index (κ2) is 6.16. The molecule has 3 rings (SSSR count). The number of amides is 1. The molecular formula is C18H18BrN3O. The number of nitrogens with zero attached hydrogens (tertiary/aromatic N) is 2. The number of halogens is 1. The van der Waals surface area contributed by atoms with Crippen LogP contribution in [-0.2, 0) is 6.54 Å². The molecule has 2 aromatic heterocycles. The smallest absolute Gasteiger partial charge is 0.271 e. The van der Waals surface area contributed by atoms with Gasteiger partial charge in [0.1, 0.15) is 11.3 Å². The molecule has 2 heterocycles. The molecule has 0 atom stereocenters. The van der Waals surface area contributed by atoms with Crippen molar-refractivity contribution in [3.8, 4) is 0 Å². The highest BCUT2D eigenvalue weighted by Crippen LogP contribution is 2.16. The largest absolute Gasteiger partial charge is 0.347 e. The minimum atomic E-state index is -0.163. The van der Waals surface area contributed by atoms with Crippen molar-refractivity contribution in [2.45, 2.75) is 27.3 Å². The van der Waals surface area contributed by atoms with E-state index in [2.05, 4.69) is 59.1 Å². The third-order valence-electron chi connectivity index (χ3n) is 3.91. The highest BCUT2D eigenvalue weighted by atomic mass is 79.9. The van der Waals surface area contributed by atoms with Gasteiger partial charge in [0.2, 0.25) is 0 Å². The van der Waals surface area contributed by atoms with Crippen LogP contribution >= 0.6 is 15.9 Å². The normalized spacial score (nSPS) is 11.0. The topological polar surface area (TPSA) is 46.4 Å². The van der Waals surface area contributed by atoms with Crippen molar-refractivity contribution < 1.29 is 4.79 Å². The molecule has 0 aliphatic carbocycles. The average Bonchev–Trinajstić information content (AvgIpc) is 2.88. The van der Waals surface area contributed by atoms with Crippen molar-refractivity contribution in [3.63, 3.8) is 0 Å². The maximum Gasteiger partial charge on any atom is 0.271 e. The van der Waals surface area contributed by atoms with E-state index < -0.39 is 0 Å². The van der Waals surface area contributed by atoms with Crippen LogP contribution in [0.2, 0.25) is 0 Å². The molecule has 1 aromatic carbocycles. The lowest BCUT2D eigenvalue weighted by Crippen LogP contribution is -2.24. The van der Waals surface area contributed by atoms with E-state index in [9.17, 15) is 4.79 Å². The Balaban J connectivity index is 1.79. The predicted molar refractivity (Wildman–Crippen MR) is 94.7 cm³/mol. The van der Waals surface area contributed by atoms with Gasteiger partial charge in [-0.25, -0.2) is 4.98 Å². The second-order valence-corrected chi connectivity index (χ2v) is 6.71. The first-order chi connectivity index (χ1) is 10.9. The van der Waals surface area contributed by atoms with Crippen LogP contribution in [0.25, 0.3) is 5.65 Å². The van der Waals surface area contributed by atoms with Crippen LogP contribution < -0.4 is 5.32 Å². The molecule has 23 heavy (non-hydrogen) atoms. The number of carbonyl (C=O) groups excluding carboxylic acids is 1. The van der Waals surface area contributed by atoms with Gasteiger partial charge in [-0.2, -0.15) is 0 Å². The summed E-state index contributed by atoms with van der Waals surface area (Å²) >= 11 is 3.41. The summed E-state index contributed by atoms with van der Waals surface area (Å²) < 4.78 is 2.78. The van der Waals surface area contributed by atoms with Crippen molar-refractivity contribution in [2.24, 2.45) is 0 Å². The number of carbonyl (C=O) groups is 1. The highest BCUT2D eigenvalue weighted by molar-refractivity contribution is 9.10. The third kappa shape index (κ3) is 3.29. The van der Waals surface area contributed by atoms with Crippen LogP contribution in [0.1, 0.15) is 32.7 Å². The van der Waals surface area contributed by atoms with Crippen LogP contribution in [0, 0.1) is 20.8 Å². The Kier molecular flexibility index (Phi) is 4.22. The molecule has 0 fully saturated rings. The van der Waals surface area contributed by atoms with Gasteiger partial charge in [0, 0.05) is 23.4 Å². The van der Waals surface area contributed by atoms with Crippen LogP contribution in [-0.4, -0.2) is 15.3 Å². The maximum atomic E-state index is 12.4. The fourth-order valence-corrected chi connectivity index (χ4v) is 3.17. The van der Waals surface area contributed by atoms with Gasteiger partial charge in [-0.05, 0) is 65.5 Å². The van der Waals surface area contributed by atoms with E-state index in [-0.39, 0.29) is 5.91 Å². The van der Waals surface area contributed by atoms with E-state index in [0.717, 1.165) is 15.7 Å². The molecular weight excluding hydrogens is 354 g/mol. The number of aryl methyl sites for hydroxylation is 3. The lowest BCUT2D eigenvalue weighted by atomic mass is 10.00. The first-order valence-electron chi connectivity index (χ1n) is 7.43.